The van der Waals surface area contributed by atoms with Crippen molar-refractivity contribution in [3.63, 3.8) is 0 Å². The third-order valence-electron chi connectivity index (χ3n) is 5.01. The van der Waals surface area contributed by atoms with Gasteiger partial charge in [0.25, 0.3) is 5.24 Å². The minimum Gasteiger partial charge on any atom is -0.288 e. The van der Waals surface area contributed by atoms with Crippen LogP contribution in [0.25, 0.3) is 27.9 Å². The van der Waals surface area contributed by atoms with Gasteiger partial charge >= 0.3 is 0 Å². The first-order chi connectivity index (χ1) is 14.6. The highest BCUT2D eigenvalue weighted by Crippen LogP contribution is 2.37. The summed E-state index contributed by atoms with van der Waals surface area (Å²) in [5, 5.41) is 2.64. The Morgan fingerprint density at radius 2 is 1.63 bits per heavy atom. The minimum atomic E-state index is -0.0751. The molecule has 0 bridgehead atoms. The van der Waals surface area contributed by atoms with E-state index in [1.54, 1.807) is 4.90 Å². The molecule has 1 aliphatic heterocycles. The van der Waals surface area contributed by atoms with E-state index in [-0.39, 0.29) is 5.24 Å². The van der Waals surface area contributed by atoms with Gasteiger partial charge in [-0.05, 0) is 53.2 Å². The average molecular weight is 447 g/mol. The molecule has 1 amide bonds. The van der Waals surface area contributed by atoms with Gasteiger partial charge in [0.05, 0.1) is 22.5 Å². The number of carbonyl (C=O) groups is 1. The molecule has 1 aliphatic rings. The van der Waals surface area contributed by atoms with Crippen molar-refractivity contribution in [2.24, 2.45) is 0 Å². The van der Waals surface area contributed by atoms with Crippen LogP contribution < -0.4 is 0 Å². The molecule has 0 aliphatic carbocycles. The summed E-state index contributed by atoms with van der Waals surface area (Å²) in [5.74, 6) is 0. The molecule has 0 saturated carbocycles. The van der Waals surface area contributed by atoms with Crippen LogP contribution in [0.15, 0.2) is 77.7 Å². The molecule has 146 valence electrons. The fraction of sp³-hybridized carbons (Fsp3) is 0.0417. The van der Waals surface area contributed by atoms with Gasteiger partial charge in [0.2, 0.25) is 0 Å². The van der Waals surface area contributed by atoms with Crippen LogP contribution in [0.4, 0.5) is 4.79 Å². The van der Waals surface area contributed by atoms with E-state index in [0.29, 0.717) is 16.6 Å². The van der Waals surface area contributed by atoms with Gasteiger partial charge in [-0.1, -0.05) is 72.3 Å². The molecule has 3 aromatic carbocycles. The second-order valence-corrected chi connectivity index (χ2v) is 8.77. The molecule has 0 atom stereocenters. The molecule has 0 radical (unpaired) electrons. The lowest BCUT2D eigenvalue weighted by atomic mass is 10.0. The second kappa shape index (κ2) is 7.84. The van der Waals surface area contributed by atoms with Crippen LogP contribution in [0.2, 0.25) is 5.02 Å². The number of aromatic nitrogens is 1. The summed E-state index contributed by atoms with van der Waals surface area (Å²) in [6, 6.07) is 23.5. The average Bonchev–Trinajstić information content (AvgIpc) is 3.01. The van der Waals surface area contributed by atoms with E-state index in [1.807, 2.05) is 66.7 Å². The van der Waals surface area contributed by atoms with Crippen LogP contribution in [-0.4, -0.2) is 20.1 Å². The summed E-state index contributed by atoms with van der Waals surface area (Å²) < 4.78 is 0. The van der Waals surface area contributed by atoms with Gasteiger partial charge in [-0.3, -0.25) is 9.69 Å². The quantitative estimate of drug-likeness (QED) is 0.191. The molecular weight excluding hydrogens is 432 g/mol. The first-order valence-electron chi connectivity index (χ1n) is 9.37. The van der Waals surface area contributed by atoms with E-state index in [0.717, 1.165) is 37.8 Å². The predicted octanol–water partition coefficient (Wildman–Crippen LogP) is 7.08. The Bertz CT molecular complexity index is 1310. The van der Waals surface area contributed by atoms with Crippen LogP contribution in [0, 0.1) is 0 Å². The third-order valence-corrected chi connectivity index (χ3v) is 6.74. The highest BCUT2D eigenvalue weighted by Gasteiger charge is 2.32. The van der Waals surface area contributed by atoms with E-state index < -0.39 is 0 Å². The van der Waals surface area contributed by atoms with Crippen molar-refractivity contribution in [3.05, 3.63) is 93.9 Å². The normalized spacial score (nSPS) is 15.6. The number of halogens is 1. The number of thioether (sulfide) groups is 1. The zero-order valence-corrected chi connectivity index (χ0v) is 18.1. The number of carbonyl (C=O) groups excluding carboxylic acids is 1. The first-order valence-corrected chi connectivity index (χ1v) is 11.0. The van der Waals surface area contributed by atoms with Crippen molar-refractivity contribution < 1.29 is 4.79 Å². The predicted molar refractivity (Wildman–Crippen MR) is 130 cm³/mol. The van der Waals surface area contributed by atoms with Gasteiger partial charge in [-0.15, -0.1) is 0 Å². The van der Waals surface area contributed by atoms with Crippen LogP contribution in [0.1, 0.15) is 11.1 Å². The second-order valence-electron chi connectivity index (χ2n) is 6.96. The van der Waals surface area contributed by atoms with Crippen LogP contribution in [-0.2, 0) is 6.54 Å². The SMILES string of the molecule is O=C1S/C(=C\c2c3ccccc3nc3ccccc23)C(=S)N1Cc1cccc(Cl)c1. The fourth-order valence-electron chi connectivity index (χ4n) is 3.61. The van der Waals surface area contributed by atoms with Crippen LogP contribution >= 0.6 is 35.6 Å². The zero-order chi connectivity index (χ0) is 20.7. The fourth-order valence-corrected chi connectivity index (χ4v) is 5.04. The largest absolute Gasteiger partial charge is 0.291 e. The van der Waals surface area contributed by atoms with Crippen molar-refractivity contribution in [1.82, 2.24) is 9.88 Å². The molecule has 2 heterocycles. The standard InChI is InChI=1S/C24H15ClN2OS2/c25-16-7-5-6-15(12-16)14-27-23(29)22(30-24(27)28)13-19-17-8-1-3-10-20(17)26-21-11-4-2-9-18(19)21/h1-13H,14H2/b22-13-. The van der Waals surface area contributed by atoms with E-state index in [4.69, 9.17) is 28.8 Å². The van der Waals surface area contributed by atoms with Gasteiger partial charge in [-0.2, -0.15) is 0 Å². The molecular formula is C24H15ClN2OS2. The van der Waals surface area contributed by atoms with Crippen LogP contribution in [0.5, 0.6) is 0 Å². The Morgan fingerprint density at radius 3 is 2.30 bits per heavy atom. The summed E-state index contributed by atoms with van der Waals surface area (Å²) in [7, 11) is 0. The maximum atomic E-state index is 12.7. The monoisotopic (exact) mass is 446 g/mol. The van der Waals surface area contributed by atoms with E-state index in [9.17, 15) is 4.79 Å². The van der Waals surface area contributed by atoms with Crippen molar-refractivity contribution in [2.45, 2.75) is 6.54 Å². The maximum Gasteiger partial charge on any atom is 0.291 e. The lowest BCUT2D eigenvalue weighted by molar-refractivity contribution is 0.244. The van der Waals surface area contributed by atoms with Crippen molar-refractivity contribution in [3.8, 4) is 0 Å². The number of nitrogens with zero attached hydrogens (tertiary/aromatic N) is 2. The minimum absolute atomic E-state index is 0.0751. The molecule has 6 heteroatoms. The van der Waals surface area contributed by atoms with Gasteiger partial charge < -0.3 is 0 Å². The zero-order valence-electron chi connectivity index (χ0n) is 15.7. The number of thiocarbonyl (C=S) groups is 1. The smallest absolute Gasteiger partial charge is 0.288 e. The third kappa shape index (κ3) is 3.49. The highest BCUT2D eigenvalue weighted by molar-refractivity contribution is 8.19. The number of rotatable bonds is 3. The summed E-state index contributed by atoms with van der Waals surface area (Å²) in [5.41, 5.74) is 3.80. The van der Waals surface area contributed by atoms with Crippen LogP contribution in [0.3, 0.4) is 0 Å². The number of hydrogen-bond acceptors (Lipinski definition) is 4. The summed E-state index contributed by atoms with van der Waals surface area (Å²) in [6.45, 7) is 0.403. The molecule has 0 N–H and O–H groups in total. The molecule has 30 heavy (non-hydrogen) atoms. The lowest BCUT2D eigenvalue weighted by Crippen LogP contribution is -2.26. The number of fused-ring (bicyclic) bond motifs is 2. The maximum absolute atomic E-state index is 12.7. The summed E-state index contributed by atoms with van der Waals surface area (Å²) in [6.07, 6.45) is 2.02. The highest BCUT2D eigenvalue weighted by atomic mass is 35.5. The molecule has 1 fully saturated rings. The van der Waals surface area contributed by atoms with Gasteiger partial charge in [0, 0.05) is 15.8 Å². The number of hydrogen-bond donors (Lipinski definition) is 0. The van der Waals surface area contributed by atoms with Gasteiger partial charge in [0.1, 0.15) is 4.99 Å². The van der Waals surface area contributed by atoms with E-state index in [2.05, 4.69) is 12.1 Å². The summed E-state index contributed by atoms with van der Waals surface area (Å²) in [4.78, 5) is 20.4. The van der Waals surface area contributed by atoms with Gasteiger partial charge in [-0.25, -0.2) is 4.98 Å². The van der Waals surface area contributed by atoms with Crippen molar-refractivity contribution >= 4 is 73.7 Å². The lowest BCUT2D eigenvalue weighted by Gasteiger charge is -2.15. The van der Waals surface area contributed by atoms with Crippen molar-refractivity contribution in [2.75, 3.05) is 0 Å². The Kier molecular flexibility index (Phi) is 5.03. The van der Waals surface area contributed by atoms with E-state index >= 15 is 0 Å². The molecule has 1 saturated heterocycles. The number of pyridine rings is 1. The number of para-hydroxylation sites is 2. The topological polar surface area (TPSA) is 33.2 Å². The molecule has 4 aromatic rings. The molecule has 0 unspecified atom stereocenters. The Hall–Kier alpha value is -2.73. The Balaban J connectivity index is 1.59. The molecule has 3 nitrogen and oxygen atoms in total. The number of amides is 1. The Labute approximate surface area is 188 Å². The molecule has 1 aromatic heterocycles. The first kappa shape index (κ1) is 19.2. The number of benzene rings is 3. The van der Waals surface area contributed by atoms with Crippen molar-refractivity contribution in [1.29, 1.82) is 0 Å². The Morgan fingerprint density at radius 1 is 0.967 bits per heavy atom. The van der Waals surface area contributed by atoms with Gasteiger partial charge in [0.15, 0.2) is 0 Å². The molecule has 5 rings (SSSR count). The summed E-state index contributed by atoms with van der Waals surface area (Å²) >= 11 is 12.9. The van der Waals surface area contributed by atoms with E-state index in [1.165, 1.54) is 11.8 Å². The molecule has 0 spiro atoms.